The van der Waals surface area contributed by atoms with E-state index in [2.05, 4.69) is 10.3 Å². The summed E-state index contributed by atoms with van der Waals surface area (Å²) < 4.78 is 1.82. The van der Waals surface area contributed by atoms with Gasteiger partial charge in [-0.25, -0.2) is 9.78 Å². The Morgan fingerprint density at radius 3 is 3.06 bits per heavy atom. The fraction of sp³-hybridized carbons (Fsp3) is 0.273. The van der Waals surface area contributed by atoms with Crippen LogP contribution in [0.3, 0.4) is 0 Å². The highest BCUT2D eigenvalue weighted by Crippen LogP contribution is 2.09. The average Bonchev–Trinajstić information content (AvgIpc) is 2.68. The lowest BCUT2D eigenvalue weighted by Crippen LogP contribution is -2.12. The van der Waals surface area contributed by atoms with Crippen LogP contribution in [0.5, 0.6) is 0 Å². The number of carboxylic acids is 1. The van der Waals surface area contributed by atoms with Crippen molar-refractivity contribution in [3.63, 3.8) is 0 Å². The second-order valence-corrected chi connectivity index (χ2v) is 3.55. The Hall–Kier alpha value is -1.88. The van der Waals surface area contributed by atoms with Crippen molar-refractivity contribution in [2.45, 2.75) is 6.42 Å². The van der Waals surface area contributed by atoms with Gasteiger partial charge in [-0.2, -0.15) is 0 Å². The molecule has 0 aliphatic heterocycles. The fourth-order valence-electron chi connectivity index (χ4n) is 1.59. The zero-order valence-corrected chi connectivity index (χ0v) is 8.97. The summed E-state index contributed by atoms with van der Waals surface area (Å²) in [5.41, 5.74) is 1.19. The minimum Gasteiger partial charge on any atom is -0.478 e. The van der Waals surface area contributed by atoms with Crippen LogP contribution in [-0.2, 0) is 6.42 Å². The lowest BCUT2D eigenvalue weighted by Gasteiger charge is -2.02. The standard InChI is InChI=1S/C11H13N3O2/c1-12-5-4-10-13-6-9-3-2-8(11(15)16)7-14(9)10/h2-3,6-7,12H,4-5H2,1H3,(H,15,16). The third-order valence-electron chi connectivity index (χ3n) is 2.45. The lowest BCUT2D eigenvalue weighted by atomic mass is 10.2. The molecule has 2 N–H and O–H groups in total. The zero-order chi connectivity index (χ0) is 11.5. The summed E-state index contributed by atoms with van der Waals surface area (Å²) in [4.78, 5) is 15.1. The molecule has 84 valence electrons. The van der Waals surface area contributed by atoms with Crippen molar-refractivity contribution in [3.05, 3.63) is 35.9 Å². The molecule has 0 saturated heterocycles. The summed E-state index contributed by atoms with van der Waals surface area (Å²) in [6.45, 7) is 0.816. The molecule has 16 heavy (non-hydrogen) atoms. The largest absolute Gasteiger partial charge is 0.478 e. The first kappa shape index (κ1) is 10.6. The van der Waals surface area contributed by atoms with Gasteiger partial charge in [0.1, 0.15) is 5.82 Å². The third-order valence-corrected chi connectivity index (χ3v) is 2.45. The van der Waals surface area contributed by atoms with E-state index < -0.39 is 5.97 Å². The summed E-state index contributed by atoms with van der Waals surface area (Å²) in [5.74, 6) is -0.0531. The maximum atomic E-state index is 10.8. The average molecular weight is 219 g/mol. The van der Waals surface area contributed by atoms with Crippen molar-refractivity contribution in [2.24, 2.45) is 0 Å². The van der Waals surface area contributed by atoms with Gasteiger partial charge in [-0.1, -0.05) is 0 Å². The molecule has 2 rings (SSSR count). The molecule has 0 unspecified atom stereocenters. The van der Waals surface area contributed by atoms with Crippen LogP contribution in [0, 0.1) is 0 Å². The lowest BCUT2D eigenvalue weighted by molar-refractivity contribution is 0.0696. The van der Waals surface area contributed by atoms with Gasteiger partial charge in [0.05, 0.1) is 17.3 Å². The molecule has 5 nitrogen and oxygen atoms in total. The van der Waals surface area contributed by atoms with Crippen molar-refractivity contribution in [2.75, 3.05) is 13.6 Å². The monoisotopic (exact) mass is 219 g/mol. The summed E-state index contributed by atoms with van der Waals surface area (Å²) in [6, 6.07) is 3.35. The van der Waals surface area contributed by atoms with Crippen molar-refractivity contribution in [1.29, 1.82) is 0 Å². The number of likely N-dealkylation sites (N-methyl/N-ethyl adjacent to an activating group) is 1. The Labute approximate surface area is 92.7 Å². The highest BCUT2D eigenvalue weighted by Gasteiger charge is 2.07. The quantitative estimate of drug-likeness (QED) is 0.798. The number of nitrogens with zero attached hydrogens (tertiary/aromatic N) is 2. The molecule has 2 aromatic rings. The number of pyridine rings is 1. The number of nitrogens with one attached hydrogen (secondary N) is 1. The van der Waals surface area contributed by atoms with Crippen LogP contribution in [0.15, 0.2) is 24.5 Å². The van der Waals surface area contributed by atoms with Crippen molar-refractivity contribution >= 4 is 11.5 Å². The van der Waals surface area contributed by atoms with Crippen LogP contribution in [-0.4, -0.2) is 34.1 Å². The molecule has 0 saturated carbocycles. The van der Waals surface area contributed by atoms with E-state index >= 15 is 0 Å². The molecule has 0 aliphatic carbocycles. The van der Waals surface area contributed by atoms with Crippen LogP contribution in [0.25, 0.3) is 5.52 Å². The summed E-state index contributed by atoms with van der Waals surface area (Å²) in [6.07, 6.45) is 4.13. The first-order chi connectivity index (χ1) is 7.72. The highest BCUT2D eigenvalue weighted by atomic mass is 16.4. The fourth-order valence-corrected chi connectivity index (χ4v) is 1.59. The number of imidazole rings is 1. The number of carboxylic acid groups (broad SMARTS) is 1. The van der Waals surface area contributed by atoms with Gasteiger partial charge in [0.15, 0.2) is 0 Å². The van der Waals surface area contributed by atoms with E-state index in [9.17, 15) is 4.79 Å². The van der Waals surface area contributed by atoms with Gasteiger partial charge >= 0.3 is 5.97 Å². The molecule has 0 radical (unpaired) electrons. The Bertz CT molecular complexity index is 519. The molecule has 0 aromatic carbocycles. The van der Waals surface area contributed by atoms with E-state index in [1.807, 2.05) is 11.4 Å². The Kier molecular flexibility index (Phi) is 2.87. The highest BCUT2D eigenvalue weighted by molar-refractivity contribution is 5.87. The van der Waals surface area contributed by atoms with Crippen LogP contribution in [0.4, 0.5) is 0 Å². The number of hydrogen-bond acceptors (Lipinski definition) is 3. The molecule has 0 amide bonds. The third kappa shape index (κ3) is 1.90. The maximum absolute atomic E-state index is 10.8. The van der Waals surface area contributed by atoms with Crippen LogP contribution in [0.2, 0.25) is 0 Å². The molecular weight excluding hydrogens is 206 g/mol. The van der Waals surface area contributed by atoms with Gasteiger partial charge in [-0.3, -0.25) is 0 Å². The van der Waals surface area contributed by atoms with Gasteiger partial charge in [-0.15, -0.1) is 0 Å². The van der Waals surface area contributed by atoms with Crippen LogP contribution in [0.1, 0.15) is 16.2 Å². The van der Waals surface area contributed by atoms with Gasteiger partial charge in [-0.05, 0) is 19.2 Å². The van der Waals surface area contributed by atoms with Crippen LogP contribution >= 0.6 is 0 Å². The van der Waals surface area contributed by atoms with E-state index in [-0.39, 0.29) is 5.56 Å². The molecular formula is C11H13N3O2. The predicted molar refractivity (Wildman–Crippen MR) is 59.8 cm³/mol. The number of fused-ring (bicyclic) bond motifs is 1. The molecule has 2 aromatic heterocycles. The molecule has 0 aliphatic rings. The number of aromatic carboxylic acids is 1. The van der Waals surface area contributed by atoms with Gasteiger partial charge in [0.25, 0.3) is 0 Å². The van der Waals surface area contributed by atoms with Gasteiger partial charge in [0, 0.05) is 19.2 Å². The van der Waals surface area contributed by atoms with E-state index in [1.54, 1.807) is 24.5 Å². The van der Waals surface area contributed by atoms with Gasteiger partial charge in [0.2, 0.25) is 0 Å². The topological polar surface area (TPSA) is 66.6 Å². The van der Waals surface area contributed by atoms with E-state index in [0.717, 1.165) is 24.3 Å². The first-order valence-corrected chi connectivity index (χ1v) is 5.06. The molecule has 5 heteroatoms. The van der Waals surface area contributed by atoms with Crippen molar-refractivity contribution < 1.29 is 9.90 Å². The Balaban J connectivity index is 2.43. The Morgan fingerprint density at radius 2 is 2.38 bits per heavy atom. The van der Waals surface area contributed by atoms with Crippen molar-refractivity contribution in [1.82, 2.24) is 14.7 Å². The molecule has 0 fully saturated rings. The minimum absolute atomic E-state index is 0.274. The maximum Gasteiger partial charge on any atom is 0.337 e. The summed E-state index contributed by atoms with van der Waals surface area (Å²) in [7, 11) is 1.87. The van der Waals surface area contributed by atoms with Gasteiger partial charge < -0.3 is 14.8 Å². The minimum atomic E-state index is -0.921. The molecule has 0 atom stereocenters. The molecule has 2 heterocycles. The van der Waals surface area contributed by atoms with E-state index in [1.165, 1.54) is 0 Å². The molecule has 0 spiro atoms. The molecule has 0 bridgehead atoms. The number of aromatic nitrogens is 2. The summed E-state index contributed by atoms with van der Waals surface area (Å²) >= 11 is 0. The SMILES string of the molecule is CNCCc1ncc2ccc(C(=O)O)cn12. The Morgan fingerprint density at radius 1 is 1.56 bits per heavy atom. The normalized spacial score (nSPS) is 10.8. The second kappa shape index (κ2) is 4.32. The smallest absolute Gasteiger partial charge is 0.337 e. The number of hydrogen-bond donors (Lipinski definition) is 2. The van der Waals surface area contributed by atoms with Crippen molar-refractivity contribution in [3.8, 4) is 0 Å². The number of carbonyl (C=O) groups is 1. The van der Waals surface area contributed by atoms with E-state index in [0.29, 0.717) is 0 Å². The van der Waals surface area contributed by atoms with E-state index in [4.69, 9.17) is 5.11 Å². The predicted octanol–water partition coefficient (Wildman–Crippen LogP) is 0.794. The summed E-state index contributed by atoms with van der Waals surface area (Å²) in [5, 5.41) is 11.9. The number of rotatable bonds is 4. The first-order valence-electron chi connectivity index (χ1n) is 5.06. The zero-order valence-electron chi connectivity index (χ0n) is 8.97. The van der Waals surface area contributed by atoms with Crippen LogP contribution < -0.4 is 5.32 Å². The second-order valence-electron chi connectivity index (χ2n) is 3.55.